The molecule has 0 aliphatic heterocycles. The van der Waals surface area contributed by atoms with Crippen LogP contribution in [0.25, 0.3) is 22.6 Å². The highest BCUT2D eigenvalue weighted by molar-refractivity contribution is 5.69. The van der Waals surface area contributed by atoms with Gasteiger partial charge in [-0.2, -0.15) is 0 Å². The summed E-state index contributed by atoms with van der Waals surface area (Å²) in [6.45, 7) is 5.07. The van der Waals surface area contributed by atoms with Crippen LogP contribution in [0, 0.1) is 0 Å². The Morgan fingerprint density at radius 2 is 1.80 bits per heavy atom. The molecule has 0 fully saturated rings. The molecule has 3 rings (SSSR count). The van der Waals surface area contributed by atoms with Crippen LogP contribution in [-0.4, -0.2) is 35.3 Å². The Kier molecular flexibility index (Phi) is 5.18. The zero-order chi connectivity index (χ0) is 17.6. The van der Waals surface area contributed by atoms with E-state index in [2.05, 4.69) is 15.0 Å². The lowest BCUT2D eigenvalue weighted by molar-refractivity contribution is 0.288. The van der Waals surface area contributed by atoms with Crippen LogP contribution in [-0.2, 0) is 0 Å². The van der Waals surface area contributed by atoms with Gasteiger partial charge in [-0.1, -0.05) is 0 Å². The fourth-order valence-corrected chi connectivity index (χ4v) is 2.56. The van der Waals surface area contributed by atoms with Crippen molar-refractivity contribution in [3.05, 3.63) is 42.7 Å². The number of aromatic amines is 1. The monoisotopic (exact) mass is 339 g/mol. The maximum Gasteiger partial charge on any atom is 0.224 e. The number of pyridine rings is 1. The molecule has 6 heteroatoms. The van der Waals surface area contributed by atoms with Gasteiger partial charge in [-0.15, -0.1) is 0 Å². The number of rotatable bonds is 7. The highest BCUT2D eigenvalue weighted by Crippen LogP contribution is 2.33. The van der Waals surface area contributed by atoms with Crippen LogP contribution in [0.2, 0.25) is 0 Å². The quantitative estimate of drug-likeness (QED) is 0.706. The third-order valence-corrected chi connectivity index (χ3v) is 3.65. The minimum Gasteiger partial charge on any atom is -0.490 e. The first-order valence-electron chi connectivity index (χ1n) is 8.21. The second-order valence-electron chi connectivity index (χ2n) is 5.23. The normalized spacial score (nSPS) is 10.5. The van der Waals surface area contributed by atoms with Crippen molar-refractivity contribution in [1.82, 2.24) is 15.0 Å². The zero-order valence-electron chi connectivity index (χ0n) is 14.6. The lowest BCUT2D eigenvalue weighted by Crippen LogP contribution is -1.98. The molecule has 0 radical (unpaired) electrons. The van der Waals surface area contributed by atoms with E-state index in [0.717, 1.165) is 28.3 Å². The van der Waals surface area contributed by atoms with Crippen molar-refractivity contribution in [3.63, 3.8) is 0 Å². The molecular weight excluding hydrogens is 318 g/mol. The van der Waals surface area contributed by atoms with Crippen LogP contribution < -0.4 is 14.2 Å². The van der Waals surface area contributed by atoms with E-state index in [0.29, 0.717) is 24.9 Å². The molecule has 2 aromatic heterocycles. The molecule has 0 aliphatic carbocycles. The fourth-order valence-electron chi connectivity index (χ4n) is 2.56. The number of methoxy groups -OCH3 is 1. The molecule has 0 aliphatic rings. The third-order valence-electron chi connectivity index (χ3n) is 3.65. The van der Waals surface area contributed by atoms with Gasteiger partial charge in [0.25, 0.3) is 0 Å². The maximum absolute atomic E-state index is 5.69. The Bertz CT molecular complexity index is 845. The van der Waals surface area contributed by atoms with E-state index in [1.807, 2.05) is 44.2 Å². The summed E-state index contributed by atoms with van der Waals surface area (Å²) < 4.78 is 16.6. The number of imidazole rings is 1. The Labute approximate surface area is 146 Å². The molecule has 1 aromatic carbocycles. The van der Waals surface area contributed by atoms with Crippen molar-refractivity contribution in [1.29, 1.82) is 0 Å². The number of hydrogen-bond acceptors (Lipinski definition) is 5. The summed E-state index contributed by atoms with van der Waals surface area (Å²) in [4.78, 5) is 12.0. The average Bonchev–Trinajstić information content (AvgIpc) is 3.13. The minimum atomic E-state index is 0.532. The van der Waals surface area contributed by atoms with E-state index < -0.39 is 0 Å². The van der Waals surface area contributed by atoms with Crippen molar-refractivity contribution in [2.75, 3.05) is 20.3 Å². The number of H-pyrrole nitrogens is 1. The number of hydrogen-bond donors (Lipinski definition) is 1. The highest BCUT2D eigenvalue weighted by Gasteiger charge is 2.13. The first-order chi connectivity index (χ1) is 12.3. The van der Waals surface area contributed by atoms with E-state index in [1.54, 1.807) is 19.5 Å². The summed E-state index contributed by atoms with van der Waals surface area (Å²) in [6.07, 6.45) is 3.47. The van der Waals surface area contributed by atoms with E-state index >= 15 is 0 Å². The Morgan fingerprint density at radius 3 is 2.56 bits per heavy atom. The molecule has 0 unspecified atom stereocenters. The van der Waals surface area contributed by atoms with Crippen LogP contribution in [0.3, 0.4) is 0 Å². The topological polar surface area (TPSA) is 69.3 Å². The molecule has 2 heterocycles. The number of aromatic nitrogens is 3. The van der Waals surface area contributed by atoms with Crippen LogP contribution >= 0.6 is 0 Å². The van der Waals surface area contributed by atoms with Gasteiger partial charge in [-0.05, 0) is 44.2 Å². The smallest absolute Gasteiger partial charge is 0.224 e. The van der Waals surface area contributed by atoms with Crippen LogP contribution in [0.5, 0.6) is 17.4 Å². The van der Waals surface area contributed by atoms with Crippen molar-refractivity contribution < 1.29 is 14.2 Å². The first kappa shape index (κ1) is 16.8. The highest BCUT2D eigenvalue weighted by atomic mass is 16.5. The molecule has 25 heavy (non-hydrogen) atoms. The number of nitrogens with zero attached hydrogens (tertiary/aromatic N) is 2. The molecule has 0 bridgehead atoms. The number of benzene rings is 1. The summed E-state index contributed by atoms with van der Waals surface area (Å²) in [5.74, 6) is 2.69. The summed E-state index contributed by atoms with van der Waals surface area (Å²) in [5.41, 5.74) is 2.66. The van der Waals surface area contributed by atoms with Crippen molar-refractivity contribution in [2.24, 2.45) is 0 Å². The molecule has 0 spiro atoms. The summed E-state index contributed by atoms with van der Waals surface area (Å²) in [7, 11) is 1.59. The van der Waals surface area contributed by atoms with Gasteiger partial charge in [-0.3, -0.25) is 0 Å². The first-order valence-corrected chi connectivity index (χ1v) is 8.21. The Balaban J connectivity index is 1.95. The van der Waals surface area contributed by atoms with Gasteiger partial charge >= 0.3 is 0 Å². The Morgan fingerprint density at radius 1 is 1.00 bits per heavy atom. The zero-order valence-corrected chi connectivity index (χ0v) is 14.6. The SMILES string of the molecule is CCOc1ccc(-c2cnc(-c3cccnc3OC)[nH]2)cc1OCC. The predicted molar refractivity (Wildman–Crippen MR) is 96.1 cm³/mol. The molecule has 130 valence electrons. The van der Waals surface area contributed by atoms with Crippen LogP contribution in [0.15, 0.2) is 42.7 Å². The van der Waals surface area contributed by atoms with Gasteiger partial charge in [0.2, 0.25) is 5.88 Å². The number of nitrogens with one attached hydrogen (secondary N) is 1. The molecule has 1 N–H and O–H groups in total. The van der Waals surface area contributed by atoms with Crippen molar-refractivity contribution >= 4 is 0 Å². The Hall–Kier alpha value is -3.02. The van der Waals surface area contributed by atoms with E-state index in [1.165, 1.54) is 0 Å². The standard InChI is InChI=1S/C19H21N3O3/c1-4-24-16-9-8-13(11-17(16)25-5-2)15-12-21-18(22-15)14-7-6-10-20-19(14)23-3/h6-12H,4-5H2,1-3H3,(H,21,22). The summed E-state index contributed by atoms with van der Waals surface area (Å²) in [6, 6.07) is 9.61. The molecule has 0 saturated heterocycles. The average molecular weight is 339 g/mol. The number of ether oxygens (including phenoxy) is 3. The molecule has 0 amide bonds. The molecule has 0 atom stereocenters. The van der Waals surface area contributed by atoms with Crippen LogP contribution in [0.4, 0.5) is 0 Å². The van der Waals surface area contributed by atoms with Gasteiger partial charge < -0.3 is 19.2 Å². The van der Waals surface area contributed by atoms with Gasteiger partial charge in [0.05, 0.1) is 37.8 Å². The van der Waals surface area contributed by atoms with Gasteiger partial charge in [-0.25, -0.2) is 9.97 Å². The molecule has 6 nitrogen and oxygen atoms in total. The largest absolute Gasteiger partial charge is 0.490 e. The predicted octanol–water partition coefficient (Wildman–Crippen LogP) is 3.94. The second kappa shape index (κ2) is 7.70. The fraction of sp³-hybridized carbons (Fsp3) is 0.263. The third kappa shape index (κ3) is 3.57. The van der Waals surface area contributed by atoms with Crippen molar-refractivity contribution in [2.45, 2.75) is 13.8 Å². The molecule has 3 aromatic rings. The van der Waals surface area contributed by atoms with E-state index in [4.69, 9.17) is 14.2 Å². The summed E-state index contributed by atoms with van der Waals surface area (Å²) >= 11 is 0. The van der Waals surface area contributed by atoms with Gasteiger partial charge in [0.1, 0.15) is 5.82 Å². The second-order valence-corrected chi connectivity index (χ2v) is 5.23. The maximum atomic E-state index is 5.69. The lowest BCUT2D eigenvalue weighted by atomic mass is 10.1. The van der Waals surface area contributed by atoms with Gasteiger partial charge in [0, 0.05) is 11.8 Å². The van der Waals surface area contributed by atoms with Gasteiger partial charge in [0.15, 0.2) is 11.5 Å². The van der Waals surface area contributed by atoms with E-state index in [-0.39, 0.29) is 0 Å². The minimum absolute atomic E-state index is 0.532. The summed E-state index contributed by atoms with van der Waals surface area (Å²) in [5, 5.41) is 0. The lowest BCUT2D eigenvalue weighted by Gasteiger charge is -2.11. The molecular formula is C19H21N3O3. The van der Waals surface area contributed by atoms with Crippen LogP contribution in [0.1, 0.15) is 13.8 Å². The molecule has 0 saturated carbocycles. The van der Waals surface area contributed by atoms with Crippen molar-refractivity contribution in [3.8, 4) is 40.0 Å². The van der Waals surface area contributed by atoms with E-state index in [9.17, 15) is 0 Å².